The van der Waals surface area contributed by atoms with Crippen LogP contribution in [-0.4, -0.2) is 193 Å². The summed E-state index contributed by atoms with van der Waals surface area (Å²) in [5.41, 5.74) is 0. The van der Waals surface area contributed by atoms with E-state index in [1.807, 2.05) is 6.08 Å². The van der Waals surface area contributed by atoms with E-state index >= 15 is 0 Å². The number of aliphatic hydroxyl groups is 11. The van der Waals surface area contributed by atoms with E-state index in [2.05, 4.69) is 104 Å². The number of allylic oxidation sites excluding steroid dienone is 15. The predicted octanol–water partition coefficient (Wildman–Crippen LogP) is 11.6. The molecule has 12 N–H and O–H groups in total. The number of ether oxygens (including phenoxy) is 6. The lowest BCUT2D eigenvalue weighted by atomic mass is 9.96. The Morgan fingerprint density at radius 1 is 0.381 bits per heavy atom. The standard InChI is InChI=1S/C78H135NO18/c1-3-5-7-9-11-13-15-17-19-20-21-22-23-24-25-26-27-28-29-30-31-32-33-34-35-36-37-38-39-40-42-44-46-48-50-52-54-56-66(84)79-61(62(83)55-53-51-49-47-45-43-41-18-16-14-12-10-8-6-4-2)60-92-76-72(90)69(87)74(64(58-81)94-76)97-78-73(91)70(88)75(65(59-82)95-78)96-77-71(89)68(86)67(85)63(57-80)93-77/h5,7,11,13,17,19,21-22,24-25,27-28,30-31,53,55,61-65,67-78,80-83,85-91H,3-4,6,8-10,12,14-16,18,20,23,26,29,32-52,54,56-60H2,1-2H3,(H,79,84)/b7-5-,13-11-,19-17-,22-21-,25-24-,28-27-,31-30-,55-53+. The first kappa shape index (κ1) is 87.9. The van der Waals surface area contributed by atoms with Gasteiger partial charge in [-0.2, -0.15) is 0 Å². The van der Waals surface area contributed by atoms with Gasteiger partial charge in [0, 0.05) is 6.42 Å². The molecule has 0 aromatic heterocycles. The van der Waals surface area contributed by atoms with Crippen LogP contribution in [0.5, 0.6) is 0 Å². The van der Waals surface area contributed by atoms with Gasteiger partial charge in [-0.1, -0.05) is 272 Å². The summed E-state index contributed by atoms with van der Waals surface area (Å²) in [6.45, 7) is 1.62. The van der Waals surface area contributed by atoms with Crippen molar-refractivity contribution in [3.05, 3.63) is 97.2 Å². The van der Waals surface area contributed by atoms with Gasteiger partial charge in [0.05, 0.1) is 38.6 Å². The quantitative estimate of drug-likeness (QED) is 0.0199. The van der Waals surface area contributed by atoms with Crippen LogP contribution >= 0.6 is 0 Å². The number of carbonyl (C=O) groups excluding carboxylic acids is 1. The maximum Gasteiger partial charge on any atom is 0.220 e. The molecule has 0 radical (unpaired) electrons. The normalized spacial score (nSPS) is 27.5. The van der Waals surface area contributed by atoms with E-state index in [1.165, 1.54) is 135 Å². The zero-order chi connectivity index (χ0) is 70.4. The summed E-state index contributed by atoms with van der Waals surface area (Å²) in [5.74, 6) is -0.278. The molecule has 0 spiro atoms. The van der Waals surface area contributed by atoms with Gasteiger partial charge in [-0.15, -0.1) is 0 Å². The molecular weight excluding hydrogens is 1240 g/mol. The molecule has 3 fully saturated rings. The van der Waals surface area contributed by atoms with E-state index in [4.69, 9.17) is 28.4 Å². The zero-order valence-electron chi connectivity index (χ0n) is 59.5. The fourth-order valence-corrected chi connectivity index (χ4v) is 12.3. The third-order valence-corrected chi connectivity index (χ3v) is 18.4. The van der Waals surface area contributed by atoms with Gasteiger partial charge >= 0.3 is 0 Å². The molecule has 19 heteroatoms. The number of amides is 1. The Labute approximate surface area is 583 Å². The van der Waals surface area contributed by atoms with Gasteiger partial charge in [-0.3, -0.25) is 4.79 Å². The molecule has 1 amide bonds. The fourth-order valence-electron chi connectivity index (χ4n) is 12.3. The van der Waals surface area contributed by atoms with Crippen LogP contribution in [0.3, 0.4) is 0 Å². The summed E-state index contributed by atoms with van der Waals surface area (Å²) in [5, 5.41) is 121. The maximum absolute atomic E-state index is 13.4. The van der Waals surface area contributed by atoms with Crippen molar-refractivity contribution < 1.29 is 89.4 Å². The SMILES string of the molecule is CC/C=C\C/C=C\C/C=C\C/C=C\C/C=C\C/C=C\C/C=C\CCCCCCCCCCCCCCCCCC(=O)NC(COC1OC(CO)C(OC2OC(CO)C(OC3OC(CO)C(O)C(O)C3O)C(O)C2O)C(O)C1O)C(O)/C=C/CCCCCCCCCCCCCCC. The Hall–Kier alpha value is -3.29. The first-order valence-electron chi connectivity index (χ1n) is 38.0. The van der Waals surface area contributed by atoms with Crippen molar-refractivity contribution in [2.45, 2.75) is 362 Å². The summed E-state index contributed by atoms with van der Waals surface area (Å²) in [6.07, 6.45) is 51.1. The van der Waals surface area contributed by atoms with Crippen molar-refractivity contribution in [3.63, 3.8) is 0 Å². The summed E-state index contributed by atoms with van der Waals surface area (Å²) in [7, 11) is 0. The molecule has 97 heavy (non-hydrogen) atoms. The van der Waals surface area contributed by atoms with Crippen LogP contribution in [-0.2, 0) is 33.2 Å². The van der Waals surface area contributed by atoms with Crippen LogP contribution in [0.15, 0.2) is 97.2 Å². The molecule has 560 valence electrons. The van der Waals surface area contributed by atoms with Crippen LogP contribution in [0.4, 0.5) is 0 Å². The minimum absolute atomic E-state index is 0.239. The number of rotatable bonds is 58. The largest absolute Gasteiger partial charge is 0.394 e. The minimum atomic E-state index is -1.98. The highest BCUT2D eigenvalue weighted by atomic mass is 16.8. The molecule has 3 aliphatic heterocycles. The molecule has 3 rings (SSSR count). The second-order valence-electron chi connectivity index (χ2n) is 26.7. The Morgan fingerprint density at radius 3 is 1.11 bits per heavy atom. The molecule has 3 aliphatic rings. The van der Waals surface area contributed by atoms with Gasteiger partial charge in [0.2, 0.25) is 5.91 Å². The van der Waals surface area contributed by atoms with Gasteiger partial charge in [-0.25, -0.2) is 0 Å². The van der Waals surface area contributed by atoms with Gasteiger partial charge < -0.3 is 89.9 Å². The third kappa shape index (κ3) is 39.1. The summed E-state index contributed by atoms with van der Waals surface area (Å²) in [6, 6.07) is -0.977. The zero-order valence-corrected chi connectivity index (χ0v) is 59.5. The Balaban J connectivity index is 1.34. The average molecular weight is 1370 g/mol. The van der Waals surface area contributed by atoms with Crippen molar-refractivity contribution in [1.29, 1.82) is 0 Å². The van der Waals surface area contributed by atoms with Crippen LogP contribution in [0.2, 0.25) is 0 Å². The summed E-state index contributed by atoms with van der Waals surface area (Å²) in [4.78, 5) is 13.4. The number of hydrogen-bond donors (Lipinski definition) is 12. The van der Waals surface area contributed by atoms with Crippen LogP contribution in [0.1, 0.15) is 258 Å². The average Bonchev–Trinajstić information content (AvgIpc) is 0.789. The number of unbranched alkanes of at least 4 members (excludes halogenated alkanes) is 28. The molecule has 0 aromatic rings. The van der Waals surface area contributed by atoms with Gasteiger partial charge in [-0.05, 0) is 77.0 Å². The number of nitrogens with one attached hydrogen (secondary N) is 1. The second-order valence-corrected chi connectivity index (χ2v) is 26.7. The Morgan fingerprint density at radius 2 is 0.711 bits per heavy atom. The van der Waals surface area contributed by atoms with Crippen molar-refractivity contribution in [3.8, 4) is 0 Å². The van der Waals surface area contributed by atoms with Crippen molar-refractivity contribution in [1.82, 2.24) is 5.32 Å². The van der Waals surface area contributed by atoms with Gasteiger partial charge in [0.1, 0.15) is 73.2 Å². The second kappa shape index (κ2) is 58.2. The monoisotopic (exact) mass is 1370 g/mol. The van der Waals surface area contributed by atoms with Crippen molar-refractivity contribution in [2.24, 2.45) is 0 Å². The Bertz CT molecular complexity index is 2130. The number of hydrogen-bond acceptors (Lipinski definition) is 18. The molecule has 3 heterocycles. The molecule has 17 unspecified atom stereocenters. The summed E-state index contributed by atoms with van der Waals surface area (Å²) < 4.78 is 34.4. The van der Waals surface area contributed by atoms with E-state index in [9.17, 15) is 61.0 Å². The highest BCUT2D eigenvalue weighted by molar-refractivity contribution is 5.76. The van der Waals surface area contributed by atoms with Crippen LogP contribution in [0.25, 0.3) is 0 Å². The highest BCUT2D eigenvalue weighted by Crippen LogP contribution is 2.33. The third-order valence-electron chi connectivity index (χ3n) is 18.4. The van der Waals surface area contributed by atoms with E-state index in [1.54, 1.807) is 6.08 Å². The Kier molecular flexibility index (Phi) is 52.8. The molecule has 3 saturated heterocycles. The van der Waals surface area contributed by atoms with E-state index < -0.39 is 124 Å². The van der Waals surface area contributed by atoms with E-state index in [0.29, 0.717) is 6.42 Å². The molecule has 17 atom stereocenters. The molecular formula is C78H135NO18. The first-order chi connectivity index (χ1) is 47.3. The molecule has 0 bridgehead atoms. The molecule has 0 aliphatic carbocycles. The topological polar surface area (TPSA) is 307 Å². The smallest absolute Gasteiger partial charge is 0.220 e. The molecule has 0 aromatic carbocycles. The van der Waals surface area contributed by atoms with Crippen molar-refractivity contribution in [2.75, 3.05) is 26.4 Å². The van der Waals surface area contributed by atoms with Crippen LogP contribution < -0.4 is 5.32 Å². The van der Waals surface area contributed by atoms with E-state index in [-0.39, 0.29) is 18.9 Å². The highest BCUT2D eigenvalue weighted by Gasteiger charge is 2.53. The molecule has 0 saturated carbocycles. The molecule has 19 nitrogen and oxygen atoms in total. The van der Waals surface area contributed by atoms with Gasteiger partial charge in [0.15, 0.2) is 18.9 Å². The lowest BCUT2D eigenvalue weighted by Gasteiger charge is -2.48. The van der Waals surface area contributed by atoms with Gasteiger partial charge in [0.25, 0.3) is 0 Å². The van der Waals surface area contributed by atoms with E-state index in [0.717, 1.165) is 96.3 Å². The first-order valence-corrected chi connectivity index (χ1v) is 38.0. The minimum Gasteiger partial charge on any atom is -0.394 e. The van der Waals surface area contributed by atoms with Crippen molar-refractivity contribution >= 4 is 5.91 Å². The number of aliphatic hydroxyl groups excluding tert-OH is 11. The number of carbonyl (C=O) groups is 1. The maximum atomic E-state index is 13.4. The predicted molar refractivity (Wildman–Crippen MR) is 383 cm³/mol. The van der Waals surface area contributed by atoms with Crippen LogP contribution in [0, 0.1) is 0 Å². The fraction of sp³-hybridized carbons (Fsp3) is 0.782. The summed E-state index contributed by atoms with van der Waals surface area (Å²) >= 11 is 0. The lowest BCUT2D eigenvalue weighted by molar-refractivity contribution is -0.379. The lowest BCUT2D eigenvalue weighted by Crippen LogP contribution is -2.66.